The summed E-state index contributed by atoms with van der Waals surface area (Å²) in [5.74, 6) is 2.05. The number of nitrogens with one attached hydrogen (secondary N) is 1. The number of carbonyl (C=O) groups is 3. The van der Waals surface area contributed by atoms with Crippen molar-refractivity contribution in [3.8, 4) is 0 Å². The Balaban J connectivity index is 1.14. The number of carboxylic acid groups (broad SMARTS) is 1. The van der Waals surface area contributed by atoms with Crippen LogP contribution in [0.4, 0.5) is 0 Å². The van der Waals surface area contributed by atoms with Gasteiger partial charge in [0.1, 0.15) is 0 Å². The molecule has 6 aliphatic rings. The number of fused-ring (bicyclic) bond motifs is 7. The van der Waals surface area contributed by atoms with Crippen LogP contribution >= 0.6 is 0 Å². The Morgan fingerprint density at radius 1 is 0.940 bits per heavy atom. The standard InChI is InChI=1S/C44H62N2O4/c1-28(2)31-17-22-44(39(50)45-25-9-27-46-26-8-10-36(46)47)24-23-42(6)33(37(31)44)15-16-35-41(5)20-18-32(29-11-13-30(14-12-29)38(48)49)40(3,4)34(41)19-21-43(35,42)7/h11-14,18,31,33-35,37H,1,8-10,15-17,19-27H2,2-7H3,(H,45,50)(H,48,49). The van der Waals surface area contributed by atoms with Crippen molar-refractivity contribution < 1.29 is 19.5 Å². The molecule has 1 aliphatic heterocycles. The summed E-state index contributed by atoms with van der Waals surface area (Å²) in [5.41, 5.74) is 4.32. The number of nitrogens with zero attached hydrogens (tertiary/aromatic N) is 1. The van der Waals surface area contributed by atoms with E-state index in [1.165, 1.54) is 36.8 Å². The largest absolute Gasteiger partial charge is 0.478 e. The Morgan fingerprint density at radius 3 is 2.34 bits per heavy atom. The molecule has 7 rings (SSSR count). The topological polar surface area (TPSA) is 86.7 Å². The summed E-state index contributed by atoms with van der Waals surface area (Å²) < 4.78 is 0. The van der Waals surface area contributed by atoms with E-state index in [9.17, 15) is 19.5 Å². The third-order valence-corrected chi connectivity index (χ3v) is 16.6. The molecular formula is C44H62N2O4. The van der Waals surface area contributed by atoms with Crippen molar-refractivity contribution >= 4 is 23.4 Å². The van der Waals surface area contributed by atoms with Crippen LogP contribution in [0.15, 0.2) is 42.5 Å². The summed E-state index contributed by atoms with van der Waals surface area (Å²) in [5, 5.41) is 12.9. The van der Waals surface area contributed by atoms with Crippen molar-refractivity contribution in [3.63, 3.8) is 0 Å². The van der Waals surface area contributed by atoms with Gasteiger partial charge in [0.05, 0.1) is 11.0 Å². The lowest BCUT2D eigenvalue weighted by Crippen LogP contribution is -2.66. The normalized spacial score (nSPS) is 40.2. The molecule has 1 heterocycles. The molecule has 6 heteroatoms. The van der Waals surface area contributed by atoms with Gasteiger partial charge in [-0.1, -0.05) is 65.0 Å². The van der Waals surface area contributed by atoms with Gasteiger partial charge in [0.25, 0.3) is 0 Å². The number of rotatable bonds is 8. The van der Waals surface area contributed by atoms with E-state index >= 15 is 0 Å². The monoisotopic (exact) mass is 682 g/mol. The maximum absolute atomic E-state index is 14.4. The Hall–Kier alpha value is -2.89. The summed E-state index contributed by atoms with van der Waals surface area (Å²) in [6.07, 6.45) is 15.0. The summed E-state index contributed by atoms with van der Waals surface area (Å²) in [6.45, 7) is 21.8. The molecule has 0 spiro atoms. The number of carboxylic acids is 1. The Labute approximate surface area is 300 Å². The summed E-state index contributed by atoms with van der Waals surface area (Å²) >= 11 is 0. The van der Waals surface area contributed by atoms with Crippen molar-refractivity contribution in [2.45, 2.75) is 119 Å². The van der Waals surface area contributed by atoms with Gasteiger partial charge in [-0.3, -0.25) is 9.59 Å². The van der Waals surface area contributed by atoms with Gasteiger partial charge in [-0.2, -0.15) is 0 Å². The molecule has 6 nitrogen and oxygen atoms in total. The van der Waals surface area contributed by atoms with Crippen LogP contribution in [0.3, 0.4) is 0 Å². The van der Waals surface area contributed by atoms with Gasteiger partial charge in [0.2, 0.25) is 11.8 Å². The van der Waals surface area contributed by atoms with E-state index < -0.39 is 5.97 Å². The van der Waals surface area contributed by atoms with Crippen LogP contribution in [-0.2, 0) is 9.59 Å². The second-order valence-electron chi connectivity index (χ2n) is 18.9. The summed E-state index contributed by atoms with van der Waals surface area (Å²) in [4.78, 5) is 40.1. The molecule has 5 fully saturated rings. The van der Waals surface area contributed by atoms with Crippen LogP contribution in [0.2, 0.25) is 0 Å². The lowest BCUT2D eigenvalue weighted by atomic mass is 9.32. The lowest BCUT2D eigenvalue weighted by molar-refractivity contribution is -0.225. The average Bonchev–Trinajstić information content (AvgIpc) is 3.67. The third kappa shape index (κ3) is 5.11. The van der Waals surface area contributed by atoms with Crippen molar-refractivity contribution in [2.75, 3.05) is 19.6 Å². The van der Waals surface area contributed by atoms with Gasteiger partial charge in [-0.15, -0.1) is 0 Å². The first-order valence-electron chi connectivity index (χ1n) is 19.9. The Bertz CT molecular complexity index is 1590. The van der Waals surface area contributed by atoms with Crippen LogP contribution in [0.5, 0.6) is 0 Å². The molecule has 1 aromatic rings. The molecule has 0 bridgehead atoms. The fraction of sp³-hybridized carbons (Fsp3) is 0.705. The van der Waals surface area contributed by atoms with Crippen molar-refractivity contribution in [2.24, 2.45) is 56.7 Å². The van der Waals surface area contributed by atoms with Crippen molar-refractivity contribution in [1.29, 1.82) is 0 Å². The summed E-state index contributed by atoms with van der Waals surface area (Å²) in [7, 11) is 0. The van der Waals surface area contributed by atoms with Gasteiger partial charge < -0.3 is 15.3 Å². The molecule has 2 N–H and O–H groups in total. The number of carbonyl (C=O) groups excluding carboxylic acids is 2. The van der Waals surface area contributed by atoms with E-state index in [1.54, 1.807) is 12.1 Å². The molecule has 1 saturated heterocycles. The van der Waals surface area contributed by atoms with E-state index in [1.807, 2.05) is 17.0 Å². The minimum absolute atomic E-state index is 0.0187. The predicted molar refractivity (Wildman–Crippen MR) is 199 cm³/mol. The van der Waals surface area contributed by atoms with Gasteiger partial charge in [0.15, 0.2) is 0 Å². The first kappa shape index (κ1) is 35.5. The fourth-order valence-electron chi connectivity index (χ4n) is 14.0. The molecule has 5 aliphatic carbocycles. The molecule has 9 unspecified atom stereocenters. The molecule has 272 valence electrons. The van der Waals surface area contributed by atoms with E-state index in [-0.39, 0.29) is 38.9 Å². The molecule has 0 radical (unpaired) electrons. The highest BCUT2D eigenvalue weighted by atomic mass is 16.4. The zero-order valence-corrected chi connectivity index (χ0v) is 31.7. The molecule has 50 heavy (non-hydrogen) atoms. The van der Waals surface area contributed by atoms with Crippen LogP contribution in [0.25, 0.3) is 5.57 Å². The van der Waals surface area contributed by atoms with Crippen LogP contribution < -0.4 is 5.32 Å². The minimum atomic E-state index is -0.879. The number of hydrogen-bond acceptors (Lipinski definition) is 3. The van der Waals surface area contributed by atoms with Gasteiger partial charge in [-0.25, -0.2) is 4.79 Å². The van der Waals surface area contributed by atoms with E-state index in [0.29, 0.717) is 48.1 Å². The SMILES string of the molecule is C=C(C)C1CCC2(C(=O)NCCCN3CCCC3=O)CCC3(C)C(CCC4C5(C)CC=C(c6ccc(C(=O)O)cc6)C(C)(C)C5CCC43C)C12. The number of benzene rings is 1. The van der Waals surface area contributed by atoms with E-state index in [2.05, 4.69) is 59.5 Å². The zero-order chi connectivity index (χ0) is 35.9. The second kappa shape index (κ2) is 12.4. The van der Waals surface area contributed by atoms with E-state index in [4.69, 9.17) is 0 Å². The first-order chi connectivity index (χ1) is 23.6. The quantitative estimate of drug-likeness (QED) is 0.212. The molecule has 2 amide bonds. The fourth-order valence-corrected chi connectivity index (χ4v) is 14.0. The van der Waals surface area contributed by atoms with E-state index in [0.717, 1.165) is 63.6 Å². The molecule has 9 atom stereocenters. The van der Waals surface area contributed by atoms with Gasteiger partial charge in [0, 0.05) is 26.1 Å². The molecular weight excluding hydrogens is 620 g/mol. The third-order valence-electron chi connectivity index (χ3n) is 16.6. The van der Waals surface area contributed by atoms with Crippen LogP contribution in [0.1, 0.15) is 135 Å². The highest BCUT2D eigenvalue weighted by Crippen LogP contribution is 2.77. The maximum Gasteiger partial charge on any atom is 0.335 e. The Kier molecular flexibility index (Phi) is 8.78. The lowest BCUT2D eigenvalue weighted by Gasteiger charge is -2.72. The second-order valence-corrected chi connectivity index (χ2v) is 18.9. The molecule has 1 aromatic carbocycles. The number of allylic oxidation sites excluding steroid dienone is 3. The number of likely N-dealkylation sites (tertiary alicyclic amines) is 1. The number of hydrogen-bond donors (Lipinski definition) is 2. The van der Waals surface area contributed by atoms with Gasteiger partial charge >= 0.3 is 5.97 Å². The van der Waals surface area contributed by atoms with Crippen LogP contribution in [-0.4, -0.2) is 47.4 Å². The summed E-state index contributed by atoms with van der Waals surface area (Å²) in [6, 6.07) is 7.53. The molecule has 0 aromatic heterocycles. The highest BCUT2D eigenvalue weighted by Gasteiger charge is 2.71. The smallest absolute Gasteiger partial charge is 0.335 e. The minimum Gasteiger partial charge on any atom is -0.478 e. The first-order valence-corrected chi connectivity index (χ1v) is 19.9. The van der Waals surface area contributed by atoms with Crippen molar-refractivity contribution in [3.05, 3.63) is 53.6 Å². The average molecular weight is 683 g/mol. The van der Waals surface area contributed by atoms with Crippen molar-refractivity contribution in [1.82, 2.24) is 10.2 Å². The highest BCUT2D eigenvalue weighted by molar-refractivity contribution is 5.88. The zero-order valence-electron chi connectivity index (χ0n) is 31.7. The van der Waals surface area contributed by atoms with Crippen LogP contribution in [0, 0.1) is 56.7 Å². The number of amides is 2. The Morgan fingerprint density at radius 2 is 1.68 bits per heavy atom. The molecule has 4 saturated carbocycles. The number of aromatic carboxylic acids is 1. The predicted octanol–water partition coefficient (Wildman–Crippen LogP) is 9.16. The van der Waals surface area contributed by atoms with Gasteiger partial charge in [-0.05, 0) is 152 Å². The maximum atomic E-state index is 14.4.